The van der Waals surface area contributed by atoms with Gasteiger partial charge in [0.05, 0.1) is 13.2 Å². The van der Waals surface area contributed by atoms with Gasteiger partial charge in [-0.25, -0.2) is 4.39 Å². The van der Waals surface area contributed by atoms with Gasteiger partial charge >= 0.3 is 0 Å². The minimum absolute atomic E-state index is 0.119. The van der Waals surface area contributed by atoms with Crippen molar-refractivity contribution in [3.05, 3.63) is 102 Å². The third kappa shape index (κ3) is 7.87. The molecule has 0 aromatic heterocycles. The Morgan fingerprint density at radius 3 is 2.27 bits per heavy atom. The molecule has 0 saturated carbocycles. The van der Waals surface area contributed by atoms with Crippen LogP contribution in [-0.4, -0.2) is 67.6 Å². The predicted molar refractivity (Wildman–Crippen MR) is 138 cm³/mol. The Kier molecular flexibility index (Phi) is 9.62. The lowest BCUT2D eigenvalue weighted by atomic mass is 10.0. The molecule has 3 aromatic rings. The van der Waals surface area contributed by atoms with Gasteiger partial charge in [0.25, 0.3) is 5.91 Å². The van der Waals surface area contributed by atoms with Crippen molar-refractivity contribution in [2.24, 2.45) is 0 Å². The number of nitrogens with one attached hydrogen (secondary N) is 1. The highest BCUT2D eigenvalue weighted by Gasteiger charge is 2.32. The molecule has 0 radical (unpaired) electrons. The Bertz CT molecular complexity index is 1120. The Morgan fingerprint density at radius 2 is 1.59 bits per heavy atom. The maximum atomic E-state index is 13.6. The first-order chi connectivity index (χ1) is 18.1. The number of para-hydroxylation sites is 1. The van der Waals surface area contributed by atoms with E-state index < -0.39 is 6.04 Å². The molecular formula is C29H32FN3O4. The van der Waals surface area contributed by atoms with Crippen molar-refractivity contribution in [3.63, 3.8) is 0 Å². The Labute approximate surface area is 216 Å². The molecule has 8 heteroatoms. The number of amides is 2. The highest BCUT2D eigenvalue weighted by molar-refractivity contribution is 5.89. The maximum absolute atomic E-state index is 13.6. The van der Waals surface area contributed by atoms with Crippen molar-refractivity contribution in [1.29, 1.82) is 0 Å². The van der Waals surface area contributed by atoms with E-state index in [0.717, 1.165) is 13.1 Å². The average Bonchev–Trinajstić information content (AvgIpc) is 2.94. The molecule has 0 unspecified atom stereocenters. The quantitative estimate of drug-likeness (QED) is 0.433. The zero-order valence-electron chi connectivity index (χ0n) is 20.7. The molecule has 7 nitrogen and oxygen atoms in total. The minimum Gasteiger partial charge on any atom is -0.484 e. The molecule has 1 fully saturated rings. The summed E-state index contributed by atoms with van der Waals surface area (Å²) in [7, 11) is 0. The summed E-state index contributed by atoms with van der Waals surface area (Å²) >= 11 is 0. The van der Waals surface area contributed by atoms with E-state index in [2.05, 4.69) is 10.2 Å². The maximum Gasteiger partial charge on any atom is 0.261 e. The number of hydrogen-bond donors (Lipinski definition) is 1. The topological polar surface area (TPSA) is 71.1 Å². The summed E-state index contributed by atoms with van der Waals surface area (Å²) in [6.07, 6.45) is 0. The van der Waals surface area contributed by atoms with Gasteiger partial charge in [0.1, 0.15) is 17.6 Å². The molecule has 1 saturated heterocycles. The molecule has 3 aromatic carbocycles. The molecule has 194 valence electrons. The smallest absolute Gasteiger partial charge is 0.261 e. The molecule has 1 atom stereocenters. The second kappa shape index (κ2) is 13.5. The van der Waals surface area contributed by atoms with Crippen LogP contribution in [0.3, 0.4) is 0 Å². The molecule has 1 N–H and O–H groups in total. The molecule has 2 amide bonds. The van der Waals surface area contributed by atoms with Crippen LogP contribution in [0.4, 0.5) is 4.39 Å². The van der Waals surface area contributed by atoms with Gasteiger partial charge in [-0.1, -0.05) is 60.7 Å². The third-order valence-corrected chi connectivity index (χ3v) is 6.20. The Morgan fingerprint density at radius 1 is 0.946 bits per heavy atom. The van der Waals surface area contributed by atoms with Gasteiger partial charge in [-0.05, 0) is 35.4 Å². The number of morpholine rings is 1. The number of hydrogen-bond acceptors (Lipinski definition) is 5. The summed E-state index contributed by atoms with van der Waals surface area (Å²) in [6, 6.07) is 23.3. The molecule has 37 heavy (non-hydrogen) atoms. The summed E-state index contributed by atoms with van der Waals surface area (Å²) in [5, 5.41) is 3.02. The van der Waals surface area contributed by atoms with Gasteiger partial charge in [-0.2, -0.15) is 0 Å². The first kappa shape index (κ1) is 26.3. The molecule has 1 aliphatic heterocycles. The fraction of sp³-hybridized carbons (Fsp3) is 0.310. The zero-order chi connectivity index (χ0) is 25.9. The molecule has 4 rings (SSSR count). The fourth-order valence-corrected chi connectivity index (χ4v) is 4.22. The molecule has 1 heterocycles. The van der Waals surface area contributed by atoms with Crippen LogP contribution in [0, 0.1) is 5.82 Å². The van der Waals surface area contributed by atoms with Crippen LogP contribution in [-0.2, 0) is 20.9 Å². The first-order valence-electron chi connectivity index (χ1n) is 12.4. The van der Waals surface area contributed by atoms with E-state index in [1.165, 1.54) is 17.0 Å². The first-order valence-corrected chi connectivity index (χ1v) is 12.4. The molecular weight excluding hydrogens is 473 g/mol. The van der Waals surface area contributed by atoms with Crippen LogP contribution in [0.25, 0.3) is 0 Å². The summed E-state index contributed by atoms with van der Waals surface area (Å²) in [5.74, 6) is -0.446. The van der Waals surface area contributed by atoms with Crippen molar-refractivity contribution in [2.75, 3.05) is 46.0 Å². The van der Waals surface area contributed by atoms with Crippen molar-refractivity contribution in [2.45, 2.75) is 12.6 Å². The van der Waals surface area contributed by atoms with Crippen LogP contribution in [0.1, 0.15) is 17.2 Å². The number of rotatable bonds is 11. The fourth-order valence-electron chi connectivity index (χ4n) is 4.22. The van der Waals surface area contributed by atoms with E-state index in [9.17, 15) is 14.0 Å². The Hall–Kier alpha value is -3.75. The summed E-state index contributed by atoms with van der Waals surface area (Å²) in [4.78, 5) is 30.9. The molecule has 1 aliphatic rings. The largest absolute Gasteiger partial charge is 0.484 e. The summed E-state index contributed by atoms with van der Waals surface area (Å²) in [6.45, 7) is 4.03. The van der Waals surface area contributed by atoms with Crippen LogP contribution < -0.4 is 10.1 Å². The lowest BCUT2D eigenvalue weighted by Gasteiger charge is -2.32. The van der Waals surface area contributed by atoms with Gasteiger partial charge in [0, 0.05) is 32.7 Å². The highest BCUT2D eigenvalue weighted by atomic mass is 19.1. The van der Waals surface area contributed by atoms with Crippen molar-refractivity contribution < 1.29 is 23.5 Å². The highest BCUT2D eigenvalue weighted by Crippen LogP contribution is 2.24. The van der Waals surface area contributed by atoms with Crippen LogP contribution in [0.2, 0.25) is 0 Å². The van der Waals surface area contributed by atoms with Crippen molar-refractivity contribution >= 4 is 11.8 Å². The van der Waals surface area contributed by atoms with Crippen molar-refractivity contribution in [1.82, 2.24) is 15.1 Å². The number of carbonyl (C=O) groups is 2. The van der Waals surface area contributed by atoms with E-state index in [1.807, 2.05) is 48.5 Å². The number of ether oxygens (including phenoxy) is 2. The van der Waals surface area contributed by atoms with Crippen LogP contribution in [0.5, 0.6) is 5.75 Å². The second-order valence-electron chi connectivity index (χ2n) is 8.81. The van der Waals surface area contributed by atoms with Crippen LogP contribution >= 0.6 is 0 Å². The second-order valence-corrected chi connectivity index (χ2v) is 8.81. The van der Waals surface area contributed by atoms with E-state index in [-0.39, 0.29) is 30.8 Å². The number of carbonyl (C=O) groups excluding carboxylic acids is 2. The lowest BCUT2D eigenvalue weighted by Crippen LogP contribution is -2.47. The van der Waals surface area contributed by atoms with E-state index >= 15 is 0 Å². The SMILES string of the molecule is O=C(NCCN1CCOCC1)[C@H](c1ccccc1)N(Cc1ccc(F)cc1)C(=O)COc1ccccc1. The normalized spacial score (nSPS) is 14.5. The van der Waals surface area contributed by atoms with Crippen molar-refractivity contribution in [3.8, 4) is 5.75 Å². The van der Waals surface area contributed by atoms with Gasteiger partial charge in [-0.15, -0.1) is 0 Å². The third-order valence-electron chi connectivity index (χ3n) is 6.20. The van der Waals surface area contributed by atoms with Gasteiger partial charge < -0.3 is 19.7 Å². The van der Waals surface area contributed by atoms with E-state index in [1.54, 1.807) is 24.3 Å². The zero-order valence-corrected chi connectivity index (χ0v) is 20.7. The number of nitrogens with zero attached hydrogens (tertiary/aromatic N) is 2. The van der Waals surface area contributed by atoms with Gasteiger partial charge in [0.2, 0.25) is 5.91 Å². The van der Waals surface area contributed by atoms with E-state index in [0.29, 0.717) is 43.2 Å². The number of halogens is 1. The van der Waals surface area contributed by atoms with Crippen LogP contribution in [0.15, 0.2) is 84.9 Å². The predicted octanol–water partition coefficient (Wildman–Crippen LogP) is 3.42. The standard InChI is InChI=1S/C29H32FN3O4/c30-25-13-11-23(12-14-25)21-33(27(34)22-37-26-9-5-2-6-10-26)28(24-7-3-1-4-8-24)29(35)31-15-16-32-17-19-36-20-18-32/h1-14,28H,15-22H2,(H,31,35)/t28-/m0/s1. The van der Waals surface area contributed by atoms with Gasteiger partial charge in [-0.3, -0.25) is 14.5 Å². The average molecular weight is 506 g/mol. The monoisotopic (exact) mass is 505 g/mol. The van der Waals surface area contributed by atoms with Gasteiger partial charge in [0.15, 0.2) is 6.61 Å². The Balaban J connectivity index is 1.55. The van der Waals surface area contributed by atoms with E-state index in [4.69, 9.17) is 9.47 Å². The molecule has 0 spiro atoms. The minimum atomic E-state index is -0.886. The summed E-state index contributed by atoms with van der Waals surface area (Å²) < 4.78 is 24.7. The molecule has 0 bridgehead atoms. The number of benzene rings is 3. The lowest BCUT2D eigenvalue weighted by molar-refractivity contribution is -0.143. The molecule has 0 aliphatic carbocycles. The summed E-state index contributed by atoms with van der Waals surface area (Å²) in [5.41, 5.74) is 1.39.